The summed E-state index contributed by atoms with van der Waals surface area (Å²) in [6.45, 7) is 0. The van der Waals surface area contributed by atoms with Gasteiger partial charge in [0.25, 0.3) is 0 Å². The number of hydrogen-bond donors (Lipinski definition) is 1. The summed E-state index contributed by atoms with van der Waals surface area (Å²) >= 11 is 0. The highest BCUT2D eigenvalue weighted by atomic mass is 19.2. The minimum atomic E-state index is -0.917. The van der Waals surface area contributed by atoms with Gasteiger partial charge in [0.05, 0.1) is 6.10 Å². The van der Waals surface area contributed by atoms with Crippen LogP contribution in [0.3, 0.4) is 0 Å². The molecule has 3 heteroatoms. The first-order chi connectivity index (χ1) is 8.66. The molecule has 2 aromatic rings. The monoisotopic (exact) mass is 246 g/mol. The van der Waals surface area contributed by atoms with Crippen molar-refractivity contribution in [2.45, 2.75) is 18.4 Å². The van der Waals surface area contributed by atoms with Gasteiger partial charge in [0, 0.05) is 5.92 Å². The summed E-state index contributed by atoms with van der Waals surface area (Å²) < 4.78 is 26.0. The zero-order valence-corrected chi connectivity index (χ0v) is 9.61. The number of fused-ring (bicyclic) bond motifs is 1. The van der Waals surface area contributed by atoms with E-state index >= 15 is 0 Å². The Kier molecular flexibility index (Phi) is 2.63. The van der Waals surface area contributed by atoms with Crippen molar-refractivity contribution in [1.29, 1.82) is 0 Å². The van der Waals surface area contributed by atoms with Crippen LogP contribution >= 0.6 is 0 Å². The van der Waals surface area contributed by atoms with Crippen LogP contribution in [-0.4, -0.2) is 5.11 Å². The van der Waals surface area contributed by atoms with E-state index in [9.17, 15) is 13.9 Å². The van der Waals surface area contributed by atoms with Crippen molar-refractivity contribution >= 4 is 0 Å². The van der Waals surface area contributed by atoms with E-state index < -0.39 is 17.7 Å². The van der Waals surface area contributed by atoms with Crippen molar-refractivity contribution in [3.05, 3.63) is 70.8 Å². The van der Waals surface area contributed by atoms with Crippen LogP contribution in [0.1, 0.15) is 28.7 Å². The second-order valence-corrected chi connectivity index (χ2v) is 4.63. The molecule has 1 nitrogen and oxygen atoms in total. The van der Waals surface area contributed by atoms with Gasteiger partial charge in [0.2, 0.25) is 0 Å². The molecule has 0 aromatic heterocycles. The standard InChI is InChI=1S/C15H12F2O/c16-13-6-5-10(8-14(13)17)15(18)12-7-9-3-1-2-4-11(9)12/h1-6,8,12,15,18H,7H2. The minimum absolute atomic E-state index is 0.0222. The maximum absolute atomic E-state index is 13.1. The fourth-order valence-corrected chi connectivity index (χ4v) is 2.51. The van der Waals surface area contributed by atoms with E-state index in [0.717, 1.165) is 24.1 Å². The molecule has 3 rings (SSSR count). The zero-order valence-electron chi connectivity index (χ0n) is 9.61. The van der Waals surface area contributed by atoms with Crippen LogP contribution in [0.25, 0.3) is 0 Å². The molecule has 0 saturated heterocycles. The van der Waals surface area contributed by atoms with Crippen LogP contribution in [0.15, 0.2) is 42.5 Å². The van der Waals surface area contributed by atoms with Gasteiger partial charge in [-0.1, -0.05) is 30.3 Å². The summed E-state index contributed by atoms with van der Waals surface area (Å²) in [5.41, 5.74) is 2.73. The molecule has 1 N–H and O–H groups in total. The molecule has 0 aliphatic heterocycles. The molecule has 0 fully saturated rings. The highest BCUT2D eigenvalue weighted by Crippen LogP contribution is 2.43. The summed E-state index contributed by atoms with van der Waals surface area (Å²) in [7, 11) is 0. The van der Waals surface area contributed by atoms with E-state index in [1.165, 1.54) is 11.6 Å². The summed E-state index contributed by atoms with van der Waals surface area (Å²) in [6.07, 6.45) is -0.00827. The van der Waals surface area contributed by atoms with Crippen molar-refractivity contribution in [3.8, 4) is 0 Å². The Labute approximate surface area is 104 Å². The van der Waals surface area contributed by atoms with Crippen LogP contribution < -0.4 is 0 Å². The molecule has 92 valence electrons. The minimum Gasteiger partial charge on any atom is -0.388 e. The Morgan fingerprint density at radius 3 is 2.56 bits per heavy atom. The summed E-state index contributed by atoms with van der Waals surface area (Å²) in [5, 5.41) is 10.2. The van der Waals surface area contributed by atoms with Gasteiger partial charge < -0.3 is 5.11 Å². The SMILES string of the molecule is OC(c1ccc(F)c(F)c1)C1Cc2ccccc21. The highest BCUT2D eigenvalue weighted by Gasteiger charge is 2.32. The van der Waals surface area contributed by atoms with Gasteiger partial charge in [-0.15, -0.1) is 0 Å². The van der Waals surface area contributed by atoms with Gasteiger partial charge in [0.15, 0.2) is 11.6 Å². The molecular weight excluding hydrogens is 234 g/mol. The predicted octanol–water partition coefficient (Wildman–Crippen LogP) is 3.34. The summed E-state index contributed by atoms with van der Waals surface area (Å²) in [6, 6.07) is 11.4. The van der Waals surface area contributed by atoms with Gasteiger partial charge in [-0.05, 0) is 35.2 Å². The molecule has 0 radical (unpaired) electrons. The maximum atomic E-state index is 13.1. The normalized spacial score (nSPS) is 18.9. The third kappa shape index (κ3) is 1.71. The fraction of sp³-hybridized carbons (Fsp3) is 0.200. The van der Waals surface area contributed by atoms with Crippen molar-refractivity contribution < 1.29 is 13.9 Å². The Bertz CT molecular complexity index is 595. The van der Waals surface area contributed by atoms with Crippen LogP contribution in [-0.2, 0) is 6.42 Å². The van der Waals surface area contributed by atoms with Crippen molar-refractivity contribution in [1.82, 2.24) is 0 Å². The molecule has 2 unspecified atom stereocenters. The van der Waals surface area contributed by atoms with Crippen molar-refractivity contribution in [2.24, 2.45) is 0 Å². The largest absolute Gasteiger partial charge is 0.388 e. The molecule has 1 aliphatic rings. The molecule has 0 heterocycles. The average Bonchev–Trinajstić information content (AvgIpc) is 2.34. The Balaban J connectivity index is 1.88. The van der Waals surface area contributed by atoms with Gasteiger partial charge in [-0.2, -0.15) is 0 Å². The lowest BCUT2D eigenvalue weighted by molar-refractivity contribution is 0.134. The van der Waals surface area contributed by atoms with E-state index in [1.807, 2.05) is 24.3 Å². The zero-order chi connectivity index (χ0) is 12.7. The van der Waals surface area contributed by atoms with Crippen molar-refractivity contribution in [2.75, 3.05) is 0 Å². The molecule has 2 aromatic carbocycles. The summed E-state index contributed by atoms with van der Waals surface area (Å²) in [4.78, 5) is 0. The lowest BCUT2D eigenvalue weighted by Gasteiger charge is -2.34. The van der Waals surface area contributed by atoms with Crippen molar-refractivity contribution in [3.63, 3.8) is 0 Å². The smallest absolute Gasteiger partial charge is 0.159 e. The Morgan fingerprint density at radius 1 is 1.06 bits per heavy atom. The second kappa shape index (κ2) is 4.18. The third-order valence-electron chi connectivity index (χ3n) is 3.56. The van der Waals surface area contributed by atoms with Gasteiger partial charge >= 0.3 is 0 Å². The number of hydrogen-bond acceptors (Lipinski definition) is 1. The molecule has 0 bridgehead atoms. The highest BCUT2D eigenvalue weighted by molar-refractivity contribution is 5.42. The van der Waals surface area contributed by atoms with Gasteiger partial charge in [-0.25, -0.2) is 8.78 Å². The van der Waals surface area contributed by atoms with Crippen LogP contribution in [0.4, 0.5) is 8.78 Å². The van der Waals surface area contributed by atoms with E-state index in [0.29, 0.717) is 5.56 Å². The van der Waals surface area contributed by atoms with E-state index in [2.05, 4.69) is 0 Å². The maximum Gasteiger partial charge on any atom is 0.159 e. The number of rotatable bonds is 2. The number of aliphatic hydroxyl groups is 1. The van der Waals surface area contributed by atoms with E-state index in [4.69, 9.17) is 0 Å². The van der Waals surface area contributed by atoms with Gasteiger partial charge in [-0.3, -0.25) is 0 Å². The Morgan fingerprint density at radius 2 is 1.83 bits per heavy atom. The molecule has 0 spiro atoms. The van der Waals surface area contributed by atoms with E-state index in [-0.39, 0.29) is 5.92 Å². The van der Waals surface area contributed by atoms with Crippen LogP contribution in [0, 0.1) is 11.6 Å². The van der Waals surface area contributed by atoms with Gasteiger partial charge in [0.1, 0.15) is 0 Å². The number of aliphatic hydroxyl groups excluding tert-OH is 1. The fourth-order valence-electron chi connectivity index (χ4n) is 2.51. The molecule has 1 aliphatic carbocycles. The summed E-state index contributed by atoms with van der Waals surface area (Å²) in [5.74, 6) is -1.83. The first kappa shape index (κ1) is 11.4. The molecule has 0 saturated carbocycles. The number of benzene rings is 2. The lowest BCUT2D eigenvalue weighted by atomic mass is 9.73. The molecule has 0 amide bonds. The topological polar surface area (TPSA) is 20.2 Å². The molecule has 18 heavy (non-hydrogen) atoms. The first-order valence-electron chi connectivity index (χ1n) is 5.87. The second-order valence-electron chi connectivity index (χ2n) is 4.63. The third-order valence-corrected chi connectivity index (χ3v) is 3.56. The van der Waals surface area contributed by atoms with Crippen LogP contribution in [0.5, 0.6) is 0 Å². The van der Waals surface area contributed by atoms with Crippen LogP contribution in [0.2, 0.25) is 0 Å². The lowest BCUT2D eigenvalue weighted by Crippen LogP contribution is -2.23. The quantitative estimate of drug-likeness (QED) is 0.861. The Hall–Kier alpha value is -1.74. The number of halogens is 2. The molecule has 2 atom stereocenters. The van der Waals surface area contributed by atoms with E-state index in [1.54, 1.807) is 0 Å². The average molecular weight is 246 g/mol. The molecular formula is C15H12F2O. The first-order valence-corrected chi connectivity index (χ1v) is 5.87. The predicted molar refractivity (Wildman–Crippen MR) is 64.2 cm³/mol.